The molecule has 0 bridgehead atoms. The summed E-state index contributed by atoms with van der Waals surface area (Å²) in [5.41, 5.74) is 8.40. The van der Waals surface area contributed by atoms with Gasteiger partial charge in [0.25, 0.3) is 0 Å². The third kappa shape index (κ3) is 4.16. The summed E-state index contributed by atoms with van der Waals surface area (Å²) in [5, 5.41) is 4.02. The summed E-state index contributed by atoms with van der Waals surface area (Å²) in [5.74, 6) is 0.520. The molecule has 34 heavy (non-hydrogen) atoms. The zero-order valence-corrected chi connectivity index (χ0v) is 19.9. The third-order valence-electron chi connectivity index (χ3n) is 6.50. The van der Waals surface area contributed by atoms with E-state index < -0.39 is 5.54 Å². The van der Waals surface area contributed by atoms with Crippen molar-refractivity contribution in [3.05, 3.63) is 150 Å². The van der Waals surface area contributed by atoms with E-state index in [1.54, 1.807) is 0 Å². The first-order valence-electron chi connectivity index (χ1n) is 12.1. The molecule has 0 aliphatic heterocycles. The summed E-state index contributed by atoms with van der Waals surface area (Å²) in [7, 11) is 0. The van der Waals surface area contributed by atoms with Gasteiger partial charge in [-0.3, -0.25) is 0 Å². The largest absolute Gasteiger partial charge is 0.300 e. The number of benzene rings is 4. The van der Waals surface area contributed by atoms with E-state index in [0.29, 0.717) is 5.92 Å². The molecule has 4 aromatic rings. The minimum absolute atomic E-state index is 0.441. The maximum Gasteiger partial charge on any atom is 0.0899 e. The molecule has 1 aliphatic carbocycles. The Morgan fingerprint density at radius 2 is 1.06 bits per heavy atom. The van der Waals surface area contributed by atoms with E-state index in [4.69, 9.17) is 0 Å². The molecular formula is C33H31N. The van der Waals surface area contributed by atoms with Gasteiger partial charge in [0, 0.05) is 0 Å². The van der Waals surface area contributed by atoms with E-state index in [1.807, 2.05) is 0 Å². The summed E-state index contributed by atoms with van der Waals surface area (Å²) >= 11 is 0. The minimum Gasteiger partial charge on any atom is -0.300 e. The van der Waals surface area contributed by atoms with Crippen LogP contribution in [0.3, 0.4) is 0 Å². The van der Waals surface area contributed by atoms with Gasteiger partial charge >= 0.3 is 0 Å². The van der Waals surface area contributed by atoms with Crippen LogP contribution < -0.4 is 5.32 Å². The first-order valence-corrected chi connectivity index (χ1v) is 12.1. The van der Waals surface area contributed by atoms with Gasteiger partial charge in [-0.15, -0.1) is 0 Å². The van der Waals surface area contributed by atoms with Gasteiger partial charge in [-0.1, -0.05) is 135 Å². The molecule has 0 radical (unpaired) electrons. The zero-order chi connectivity index (χ0) is 23.4. The Kier molecular flexibility index (Phi) is 6.29. The quantitative estimate of drug-likeness (QED) is 0.308. The predicted molar refractivity (Wildman–Crippen MR) is 145 cm³/mol. The van der Waals surface area contributed by atoms with Gasteiger partial charge in [0.15, 0.2) is 0 Å². The van der Waals surface area contributed by atoms with Crippen molar-refractivity contribution in [2.24, 2.45) is 5.92 Å². The van der Waals surface area contributed by atoms with E-state index in [0.717, 1.165) is 6.54 Å². The highest BCUT2D eigenvalue weighted by Gasteiger charge is 2.42. The standard InChI is InChI=1S/C33H31N/c1-25(2)24-34-33(29-21-13-6-14-22-29)23-30(26-15-7-3-8-16-26)31(27-17-9-4-10-18-27)32(33)28-19-11-5-12-20-28/h3-23,25,34H,24H2,1-2H3. The number of nitrogens with one attached hydrogen (secondary N) is 1. The Labute approximate surface area is 203 Å². The van der Waals surface area contributed by atoms with Crippen LogP contribution in [-0.2, 0) is 5.54 Å². The van der Waals surface area contributed by atoms with Crippen LogP contribution in [0.2, 0.25) is 0 Å². The monoisotopic (exact) mass is 441 g/mol. The van der Waals surface area contributed by atoms with E-state index in [2.05, 4.69) is 147 Å². The molecule has 4 aromatic carbocycles. The second-order valence-electron chi connectivity index (χ2n) is 9.35. The number of allylic oxidation sites excluding steroid dienone is 2. The molecule has 0 aromatic heterocycles. The maximum absolute atomic E-state index is 4.02. The van der Waals surface area contributed by atoms with Gasteiger partial charge in [-0.25, -0.2) is 0 Å². The van der Waals surface area contributed by atoms with Crippen LogP contribution in [0, 0.1) is 5.92 Å². The van der Waals surface area contributed by atoms with Crippen molar-refractivity contribution in [2.45, 2.75) is 19.4 Å². The Hall–Kier alpha value is -3.68. The normalized spacial score (nSPS) is 17.8. The SMILES string of the molecule is CC(C)CNC1(c2ccccc2)C=C(c2ccccc2)C(c2ccccc2)=C1c1ccccc1. The molecule has 1 unspecified atom stereocenters. The Balaban J connectivity index is 1.88. The van der Waals surface area contributed by atoms with Gasteiger partial charge in [0.1, 0.15) is 0 Å². The molecule has 1 N–H and O–H groups in total. The molecule has 1 nitrogen and oxygen atoms in total. The summed E-state index contributed by atoms with van der Waals surface area (Å²) in [6.45, 7) is 5.45. The lowest BCUT2D eigenvalue weighted by molar-refractivity contribution is 0.464. The van der Waals surface area contributed by atoms with Crippen LogP contribution >= 0.6 is 0 Å². The van der Waals surface area contributed by atoms with E-state index in [9.17, 15) is 0 Å². The van der Waals surface area contributed by atoms with Gasteiger partial charge in [-0.05, 0) is 57.5 Å². The fraction of sp³-hybridized carbons (Fsp3) is 0.152. The second-order valence-corrected chi connectivity index (χ2v) is 9.35. The molecule has 1 atom stereocenters. The lowest BCUT2D eigenvalue weighted by atomic mass is 9.79. The molecule has 1 heteroatoms. The van der Waals surface area contributed by atoms with Crippen molar-refractivity contribution in [1.82, 2.24) is 5.32 Å². The summed E-state index contributed by atoms with van der Waals surface area (Å²) in [4.78, 5) is 0. The highest BCUT2D eigenvalue weighted by Crippen LogP contribution is 2.53. The average Bonchev–Trinajstić information content (AvgIpc) is 3.26. The lowest BCUT2D eigenvalue weighted by Crippen LogP contribution is -2.42. The van der Waals surface area contributed by atoms with E-state index in [1.165, 1.54) is 39.0 Å². The van der Waals surface area contributed by atoms with Gasteiger partial charge < -0.3 is 5.32 Å². The van der Waals surface area contributed by atoms with Crippen molar-refractivity contribution in [3.8, 4) is 0 Å². The minimum atomic E-state index is -0.441. The first-order chi connectivity index (χ1) is 16.7. The van der Waals surface area contributed by atoms with Crippen LogP contribution in [0.25, 0.3) is 16.7 Å². The summed E-state index contributed by atoms with van der Waals surface area (Å²) < 4.78 is 0. The molecule has 0 saturated carbocycles. The van der Waals surface area contributed by atoms with Crippen LogP contribution in [0.5, 0.6) is 0 Å². The second kappa shape index (κ2) is 9.67. The van der Waals surface area contributed by atoms with E-state index >= 15 is 0 Å². The van der Waals surface area contributed by atoms with E-state index in [-0.39, 0.29) is 0 Å². The van der Waals surface area contributed by atoms with Gasteiger partial charge in [0.2, 0.25) is 0 Å². The smallest absolute Gasteiger partial charge is 0.0899 e. The Morgan fingerprint density at radius 3 is 1.59 bits per heavy atom. The predicted octanol–water partition coefficient (Wildman–Crippen LogP) is 7.84. The fourth-order valence-electron chi connectivity index (χ4n) is 4.95. The number of rotatable bonds is 7. The van der Waals surface area contributed by atoms with Crippen LogP contribution in [0.15, 0.2) is 127 Å². The Bertz CT molecular complexity index is 1290. The van der Waals surface area contributed by atoms with Gasteiger partial charge in [0.05, 0.1) is 5.54 Å². The Morgan fingerprint density at radius 1 is 0.588 bits per heavy atom. The third-order valence-corrected chi connectivity index (χ3v) is 6.50. The highest BCUT2D eigenvalue weighted by atomic mass is 15.0. The lowest BCUT2D eigenvalue weighted by Gasteiger charge is -2.35. The average molecular weight is 442 g/mol. The highest BCUT2D eigenvalue weighted by molar-refractivity contribution is 6.21. The fourth-order valence-corrected chi connectivity index (χ4v) is 4.95. The number of hydrogen-bond acceptors (Lipinski definition) is 1. The van der Waals surface area contributed by atoms with Crippen molar-refractivity contribution >= 4 is 16.7 Å². The maximum atomic E-state index is 4.02. The molecule has 168 valence electrons. The molecule has 0 heterocycles. The topological polar surface area (TPSA) is 12.0 Å². The van der Waals surface area contributed by atoms with Gasteiger partial charge in [-0.2, -0.15) is 0 Å². The molecule has 1 aliphatic rings. The van der Waals surface area contributed by atoms with Crippen molar-refractivity contribution in [3.63, 3.8) is 0 Å². The molecule has 0 saturated heterocycles. The van der Waals surface area contributed by atoms with Crippen molar-refractivity contribution in [1.29, 1.82) is 0 Å². The number of hydrogen-bond donors (Lipinski definition) is 1. The van der Waals surface area contributed by atoms with Crippen molar-refractivity contribution < 1.29 is 0 Å². The molecule has 0 fully saturated rings. The molecule has 0 spiro atoms. The summed E-state index contributed by atoms with van der Waals surface area (Å²) in [6.07, 6.45) is 2.46. The molecule has 5 rings (SSSR count). The van der Waals surface area contributed by atoms with Crippen LogP contribution in [0.4, 0.5) is 0 Å². The van der Waals surface area contributed by atoms with Crippen LogP contribution in [0.1, 0.15) is 36.1 Å². The van der Waals surface area contributed by atoms with Crippen molar-refractivity contribution in [2.75, 3.05) is 6.54 Å². The summed E-state index contributed by atoms with van der Waals surface area (Å²) in [6, 6.07) is 43.4. The molecular weight excluding hydrogens is 410 g/mol. The first kappa shape index (κ1) is 22.1. The zero-order valence-electron chi connectivity index (χ0n) is 19.9. The van der Waals surface area contributed by atoms with Crippen LogP contribution in [-0.4, -0.2) is 6.54 Å². The molecule has 0 amide bonds.